The Balaban J connectivity index is 1.73. The second-order valence-electron chi connectivity index (χ2n) is 9.94. The van der Waals surface area contributed by atoms with Crippen LogP contribution in [0.3, 0.4) is 0 Å². The van der Waals surface area contributed by atoms with Crippen molar-refractivity contribution in [3.05, 3.63) is 36.0 Å². The number of benzene rings is 1. The van der Waals surface area contributed by atoms with Gasteiger partial charge in [0.05, 0.1) is 12.5 Å². The van der Waals surface area contributed by atoms with E-state index in [1.165, 1.54) is 4.90 Å². The van der Waals surface area contributed by atoms with Crippen molar-refractivity contribution in [3.63, 3.8) is 0 Å². The highest BCUT2D eigenvalue weighted by molar-refractivity contribution is 5.95. The molecule has 1 aliphatic heterocycles. The molecule has 15 heteroatoms. The summed E-state index contributed by atoms with van der Waals surface area (Å²) in [6.45, 7) is 0.415. The summed E-state index contributed by atoms with van der Waals surface area (Å²) in [5.74, 6) is -4.03. The second-order valence-corrected chi connectivity index (χ2v) is 9.94. The summed E-state index contributed by atoms with van der Waals surface area (Å²) >= 11 is 0. The number of aliphatic carboxylic acids is 1. The molecule has 2 aromatic rings. The summed E-state index contributed by atoms with van der Waals surface area (Å²) in [5, 5.41) is 15.8. The number of amides is 4. The van der Waals surface area contributed by atoms with Gasteiger partial charge in [-0.1, -0.05) is 18.2 Å². The third-order valence-electron chi connectivity index (χ3n) is 6.87. The average molecular weight is 572 g/mol. The van der Waals surface area contributed by atoms with E-state index < -0.39 is 60.2 Å². The van der Waals surface area contributed by atoms with Crippen LogP contribution in [0.1, 0.15) is 37.7 Å². The zero-order valence-corrected chi connectivity index (χ0v) is 22.5. The molecule has 4 unspecified atom stereocenters. The zero-order valence-electron chi connectivity index (χ0n) is 22.5. The number of carboxylic acid groups (broad SMARTS) is 1. The van der Waals surface area contributed by atoms with Gasteiger partial charge in [-0.2, -0.15) is 0 Å². The van der Waals surface area contributed by atoms with E-state index >= 15 is 0 Å². The predicted octanol–water partition coefficient (Wildman–Crippen LogP) is -1.99. The number of aromatic nitrogens is 1. The van der Waals surface area contributed by atoms with E-state index in [0.29, 0.717) is 19.3 Å². The molecule has 15 nitrogen and oxygen atoms in total. The molecule has 1 aliphatic rings. The van der Waals surface area contributed by atoms with E-state index in [4.69, 9.17) is 22.9 Å². The molecule has 41 heavy (non-hydrogen) atoms. The van der Waals surface area contributed by atoms with Crippen LogP contribution >= 0.6 is 0 Å². The molecule has 4 amide bonds. The minimum atomic E-state index is -1.26. The number of carbonyl (C=O) groups excluding carboxylic acids is 4. The van der Waals surface area contributed by atoms with Gasteiger partial charge in [0.2, 0.25) is 23.6 Å². The van der Waals surface area contributed by atoms with Crippen LogP contribution in [0.2, 0.25) is 0 Å². The summed E-state index contributed by atoms with van der Waals surface area (Å²) in [5.41, 5.74) is 23.1. The zero-order chi connectivity index (χ0) is 30.1. The predicted molar refractivity (Wildman–Crippen MR) is 150 cm³/mol. The third-order valence-corrected chi connectivity index (χ3v) is 6.87. The lowest BCUT2D eigenvalue weighted by Gasteiger charge is -2.30. The minimum absolute atomic E-state index is 0.0347. The first-order valence-electron chi connectivity index (χ1n) is 13.3. The van der Waals surface area contributed by atoms with Crippen LogP contribution in [0.5, 0.6) is 0 Å². The third kappa shape index (κ3) is 8.41. The normalized spacial score (nSPS) is 16.9. The summed E-state index contributed by atoms with van der Waals surface area (Å²) in [6, 6.07) is 2.88. The van der Waals surface area contributed by atoms with Crippen molar-refractivity contribution in [2.24, 2.45) is 27.9 Å². The Kier molecular flexibility index (Phi) is 10.6. The van der Waals surface area contributed by atoms with Gasteiger partial charge >= 0.3 is 5.97 Å². The SMILES string of the molecule is NC(=O)CC(N)C(=O)NC(CCCN=C(N)N)C(=O)N1CCCC1C(=O)NC(Cc1c[nH]c2ccccc12)C(=O)O. The second kappa shape index (κ2) is 14.1. The fourth-order valence-electron chi connectivity index (χ4n) is 4.84. The highest BCUT2D eigenvalue weighted by atomic mass is 16.4. The molecule has 3 rings (SSSR count). The minimum Gasteiger partial charge on any atom is -0.480 e. The van der Waals surface area contributed by atoms with Gasteiger partial charge in [-0.25, -0.2) is 4.79 Å². The number of aromatic amines is 1. The first-order chi connectivity index (χ1) is 19.5. The van der Waals surface area contributed by atoms with Gasteiger partial charge in [-0.3, -0.25) is 24.2 Å². The molecular weight excluding hydrogens is 534 g/mol. The number of carboxylic acids is 1. The van der Waals surface area contributed by atoms with Gasteiger partial charge in [-0.15, -0.1) is 0 Å². The molecule has 1 fully saturated rings. The van der Waals surface area contributed by atoms with E-state index in [1.54, 1.807) is 6.20 Å². The van der Waals surface area contributed by atoms with Crippen LogP contribution < -0.4 is 33.6 Å². The van der Waals surface area contributed by atoms with Crippen LogP contribution in [0.4, 0.5) is 0 Å². The average Bonchev–Trinajstić information content (AvgIpc) is 3.56. The lowest BCUT2D eigenvalue weighted by Crippen LogP contribution is -2.57. The molecule has 1 aromatic heterocycles. The van der Waals surface area contributed by atoms with Gasteiger partial charge in [0.25, 0.3) is 0 Å². The molecule has 0 saturated carbocycles. The van der Waals surface area contributed by atoms with E-state index in [-0.39, 0.29) is 31.9 Å². The molecule has 2 heterocycles. The fraction of sp³-hybridized carbons (Fsp3) is 0.462. The molecule has 1 aromatic carbocycles. The smallest absolute Gasteiger partial charge is 0.326 e. The number of primary amides is 1. The number of carbonyl (C=O) groups is 5. The van der Waals surface area contributed by atoms with Gasteiger partial charge in [0, 0.05) is 36.6 Å². The highest BCUT2D eigenvalue weighted by Gasteiger charge is 2.39. The quantitative estimate of drug-likeness (QED) is 0.0707. The molecule has 4 atom stereocenters. The number of aliphatic imine (C=N–C) groups is 1. The molecule has 1 saturated heterocycles. The number of guanidine groups is 1. The summed E-state index contributed by atoms with van der Waals surface area (Å²) < 4.78 is 0. The van der Waals surface area contributed by atoms with Crippen LogP contribution in [-0.4, -0.2) is 87.8 Å². The molecule has 0 aliphatic carbocycles. The molecular formula is C26H37N9O6. The van der Waals surface area contributed by atoms with Gasteiger partial charge in [0.15, 0.2) is 5.96 Å². The first-order valence-corrected chi connectivity index (χ1v) is 13.3. The Labute approximate surface area is 236 Å². The number of hydrogen-bond acceptors (Lipinski definition) is 7. The van der Waals surface area contributed by atoms with E-state index in [2.05, 4.69) is 20.6 Å². The van der Waals surface area contributed by atoms with Crippen LogP contribution in [0.15, 0.2) is 35.5 Å². The Bertz CT molecular complexity index is 1310. The number of nitrogens with one attached hydrogen (secondary N) is 3. The standard InChI is InChI=1S/C26H37N9O6/c27-16(12-21(28)36)22(37)33-18(7-3-9-31-26(29)30)24(39)35-10-4-8-20(35)23(38)34-19(25(40)41)11-14-13-32-17-6-2-1-5-15(14)17/h1-2,5-6,13,16,18-20,32H,3-4,7-12,27H2,(H2,28,36)(H,33,37)(H,34,38)(H,40,41)(H4,29,30,31). The Morgan fingerprint density at radius 3 is 2.51 bits per heavy atom. The molecule has 0 radical (unpaired) electrons. The molecule has 222 valence electrons. The van der Waals surface area contributed by atoms with Crippen LogP contribution in [0, 0.1) is 0 Å². The number of likely N-dealkylation sites (tertiary alicyclic amines) is 1. The molecule has 0 spiro atoms. The number of hydrogen-bond donors (Lipinski definition) is 8. The Hall–Kier alpha value is -4.66. The van der Waals surface area contributed by atoms with Crippen molar-refractivity contribution in [1.82, 2.24) is 20.5 Å². The van der Waals surface area contributed by atoms with Crippen molar-refractivity contribution in [2.75, 3.05) is 13.1 Å². The van der Waals surface area contributed by atoms with Crippen molar-refractivity contribution in [2.45, 2.75) is 62.7 Å². The van der Waals surface area contributed by atoms with Crippen molar-refractivity contribution < 1.29 is 29.1 Å². The highest BCUT2D eigenvalue weighted by Crippen LogP contribution is 2.22. The van der Waals surface area contributed by atoms with Crippen LogP contribution in [-0.2, 0) is 30.4 Å². The van der Waals surface area contributed by atoms with E-state index in [9.17, 15) is 29.1 Å². The lowest BCUT2D eigenvalue weighted by molar-refractivity contribution is -0.145. The maximum absolute atomic E-state index is 13.6. The number of para-hydroxylation sites is 1. The monoisotopic (exact) mass is 571 g/mol. The van der Waals surface area contributed by atoms with Crippen LogP contribution in [0.25, 0.3) is 10.9 Å². The fourth-order valence-corrected chi connectivity index (χ4v) is 4.84. The number of nitrogens with two attached hydrogens (primary N) is 4. The maximum Gasteiger partial charge on any atom is 0.326 e. The Morgan fingerprint density at radius 1 is 1.10 bits per heavy atom. The van der Waals surface area contributed by atoms with Crippen molar-refractivity contribution in [1.29, 1.82) is 0 Å². The number of H-pyrrole nitrogens is 1. The maximum atomic E-state index is 13.6. The number of rotatable bonds is 14. The topological polar surface area (TPSA) is 265 Å². The van der Waals surface area contributed by atoms with Gasteiger partial charge in [-0.05, 0) is 37.3 Å². The summed E-state index contributed by atoms with van der Waals surface area (Å²) in [7, 11) is 0. The van der Waals surface area contributed by atoms with Gasteiger partial charge in [0.1, 0.15) is 18.1 Å². The molecule has 12 N–H and O–H groups in total. The van der Waals surface area contributed by atoms with E-state index in [0.717, 1.165) is 16.5 Å². The Morgan fingerprint density at radius 2 is 1.83 bits per heavy atom. The summed E-state index contributed by atoms with van der Waals surface area (Å²) in [6.07, 6.45) is 2.57. The van der Waals surface area contributed by atoms with E-state index in [1.807, 2.05) is 24.3 Å². The van der Waals surface area contributed by atoms with Gasteiger partial charge < -0.3 is 48.6 Å². The van der Waals surface area contributed by atoms with Crippen molar-refractivity contribution in [3.8, 4) is 0 Å². The first kappa shape index (κ1) is 30.9. The number of nitrogens with zero attached hydrogens (tertiary/aromatic N) is 2. The van der Waals surface area contributed by atoms with Crippen molar-refractivity contribution >= 4 is 46.5 Å². The summed E-state index contributed by atoms with van der Waals surface area (Å²) in [4.78, 5) is 71.0. The largest absolute Gasteiger partial charge is 0.480 e. The number of fused-ring (bicyclic) bond motifs is 1. The molecule has 0 bridgehead atoms. The lowest BCUT2D eigenvalue weighted by atomic mass is 10.0.